The molecule has 0 spiro atoms. The minimum absolute atomic E-state index is 0.251. The molecule has 1 unspecified atom stereocenters. The Balaban J connectivity index is 2.20. The van der Waals surface area contributed by atoms with Crippen LogP contribution in [0.2, 0.25) is 0 Å². The second-order valence-electron chi connectivity index (χ2n) is 5.52. The SMILES string of the molecule is NS(=O)(=O)c1ccc(C2(c3cccc(F)c3)C=CC=NC2)cc1F. The molecule has 1 heterocycles. The maximum Gasteiger partial charge on any atom is 0.240 e. The highest BCUT2D eigenvalue weighted by Crippen LogP contribution is 2.37. The first-order chi connectivity index (χ1) is 11.3. The van der Waals surface area contributed by atoms with Gasteiger partial charge in [0.25, 0.3) is 0 Å². The third-order valence-electron chi connectivity index (χ3n) is 4.01. The number of aliphatic imine (C=N–C) groups is 1. The lowest BCUT2D eigenvalue weighted by Crippen LogP contribution is -2.31. The van der Waals surface area contributed by atoms with Crippen LogP contribution in [-0.4, -0.2) is 21.2 Å². The van der Waals surface area contributed by atoms with Crippen LogP contribution in [-0.2, 0) is 15.4 Å². The number of hydrogen-bond donors (Lipinski definition) is 1. The molecule has 0 radical (unpaired) electrons. The van der Waals surface area contributed by atoms with Crippen molar-refractivity contribution in [1.82, 2.24) is 0 Å². The second-order valence-corrected chi connectivity index (χ2v) is 7.05. The van der Waals surface area contributed by atoms with Gasteiger partial charge < -0.3 is 0 Å². The number of sulfonamides is 1. The monoisotopic (exact) mass is 348 g/mol. The normalized spacial score (nSPS) is 20.3. The van der Waals surface area contributed by atoms with Gasteiger partial charge in [-0.25, -0.2) is 22.3 Å². The van der Waals surface area contributed by atoms with Gasteiger partial charge in [0.05, 0.1) is 12.0 Å². The number of halogens is 2. The number of allylic oxidation sites excluding steroid dienone is 1. The summed E-state index contributed by atoms with van der Waals surface area (Å²) in [5.41, 5.74) is 0.179. The predicted octanol–water partition coefficient (Wildman–Crippen LogP) is 2.54. The maximum atomic E-state index is 14.3. The minimum Gasteiger partial charge on any atom is -0.292 e. The van der Waals surface area contributed by atoms with Crippen molar-refractivity contribution < 1.29 is 17.2 Å². The first-order valence-electron chi connectivity index (χ1n) is 7.09. The Bertz CT molecular complexity index is 955. The van der Waals surface area contributed by atoms with Crippen molar-refractivity contribution in [3.05, 3.63) is 77.4 Å². The van der Waals surface area contributed by atoms with Crippen LogP contribution in [0.15, 0.2) is 64.5 Å². The summed E-state index contributed by atoms with van der Waals surface area (Å²) in [5.74, 6) is -1.37. The van der Waals surface area contributed by atoms with Crippen LogP contribution in [0.4, 0.5) is 8.78 Å². The summed E-state index contributed by atoms with van der Waals surface area (Å²) in [7, 11) is -4.15. The van der Waals surface area contributed by atoms with Crippen molar-refractivity contribution >= 4 is 16.2 Å². The average molecular weight is 348 g/mol. The fourth-order valence-electron chi connectivity index (χ4n) is 2.83. The molecule has 2 aromatic carbocycles. The van der Waals surface area contributed by atoms with Crippen molar-refractivity contribution in [3.8, 4) is 0 Å². The van der Waals surface area contributed by atoms with Gasteiger partial charge in [-0.3, -0.25) is 4.99 Å². The molecule has 124 valence electrons. The fraction of sp³-hybridized carbons (Fsp3) is 0.118. The number of dihydropyridines is 1. The topological polar surface area (TPSA) is 72.5 Å². The zero-order valence-corrected chi connectivity index (χ0v) is 13.3. The Hall–Kier alpha value is -2.38. The summed E-state index contributed by atoms with van der Waals surface area (Å²) in [4.78, 5) is 3.63. The van der Waals surface area contributed by atoms with Crippen LogP contribution < -0.4 is 5.14 Å². The van der Waals surface area contributed by atoms with Gasteiger partial charge in [-0.05, 0) is 41.5 Å². The van der Waals surface area contributed by atoms with Crippen LogP contribution in [0.3, 0.4) is 0 Å². The summed E-state index contributed by atoms with van der Waals surface area (Å²) in [6.07, 6.45) is 5.09. The van der Waals surface area contributed by atoms with Gasteiger partial charge in [-0.2, -0.15) is 0 Å². The number of nitrogens with two attached hydrogens (primary N) is 1. The molecule has 0 bridgehead atoms. The summed E-state index contributed by atoms with van der Waals surface area (Å²) in [6.45, 7) is 0.251. The smallest absolute Gasteiger partial charge is 0.240 e. The largest absolute Gasteiger partial charge is 0.292 e. The van der Waals surface area contributed by atoms with Gasteiger partial charge in [0.1, 0.15) is 16.5 Å². The number of primary sulfonamides is 1. The molecule has 0 aromatic heterocycles. The molecular formula is C17H14F2N2O2S. The summed E-state index contributed by atoms with van der Waals surface area (Å²) in [6, 6.07) is 9.66. The lowest BCUT2D eigenvalue weighted by Gasteiger charge is -2.32. The molecule has 1 aliphatic rings. The Morgan fingerprint density at radius 2 is 1.83 bits per heavy atom. The Morgan fingerprint density at radius 1 is 1.08 bits per heavy atom. The molecule has 2 aromatic rings. The highest BCUT2D eigenvalue weighted by atomic mass is 32.2. The van der Waals surface area contributed by atoms with Gasteiger partial charge >= 0.3 is 0 Å². The highest BCUT2D eigenvalue weighted by molar-refractivity contribution is 7.89. The lowest BCUT2D eigenvalue weighted by molar-refractivity contribution is 0.560. The Kier molecular flexibility index (Phi) is 4.06. The number of hydrogen-bond acceptors (Lipinski definition) is 3. The molecule has 1 aliphatic heterocycles. The van der Waals surface area contributed by atoms with Crippen molar-refractivity contribution in [2.45, 2.75) is 10.3 Å². The first-order valence-corrected chi connectivity index (χ1v) is 8.64. The summed E-state index contributed by atoms with van der Waals surface area (Å²) >= 11 is 0. The van der Waals surface area contributed by atoms with Crippen LogP contribution in [0.5, 0.6) is 0 Å². The van der Waals surface area contributed by atoms with Crippen molar-refractivity contribution in [3.63, 3.8) is 0 Å². The fourth-order valence-corrected chi connectivity index (χ4v) is 3.42. The van der Waals surface area contributed by atoms with Crippen LogP contribution >= 0.6 is 0 Å². The summed E-state index contributed by atoms with van der Waals surface area (Å²) < 4.78 is 50.7. The average Bonchev–Trinajstić information content (AvgIpc) is 2.54. The maximum absolute atomic E-state index is 14.3. The third kappa shape index (κ3) is 2.88. The van der Waals surface area contributed by atoms with Crippen LogP contribution in [0, 0.1) is 11.6 Å². The molecule has 0 saturated heterocycles. The minimum atomic E-state index is -4.15. The van der Waals surface area contributed by atoms with Gasteiger partial charge in [-0.15, -0.1) is 0 Å². The Labute approximate surface area is 138 Å². The number of rotatable bonds is 3. The van der Waals surface area contributed by atoms with E-state index in [9.17, 15) is 17.2 Å². The zero-order chi connectivity index (χ0) is 17.4. The molecule has 2 N–H and O–H groups in total. The van der Waals surface area contributed by atoms with E-state index in [1.165, 1.54) is 18.2 Å². The van der Waals surface area contributed by atoms with Crippen LogP contribution in [0.1, 0.15) is 11.1 Å². The number of benzene rings is 2. The molecule has 0 aliphatic carbocycles. The highest BCUT2D eigenvalue weighted by Gasteiger charge is 2.34. The van der Waals surface area contributed by atoms with Gasteiger partial charge in [0.2, 0.25) is 10.0 Å². The van der Waals surface area contributed by atoms with E-state index >= 15 is 0 Å². The summed E-state index contributed by atoms with van der Waals surface area (Å²) in [5, 5.41) is 5.00. The second kappa shape index (κ2) is 5.92. The van der Waals surface area contributed by atoms with E-state index in [1.54, 1.807) is 30.5 Å². The van der Waals surface area contributed by atoms with Crippen molar-refractivity contribution in [2.24, 2.45) is 10.1 Å². The van der Waals surface area contributed by atoms with E-state index < -0.39 is 32.0 Å². The van der Waals surface area contributed by atoms with Gasteiger partial charge in [-0.1, -0.05) is 24.3 Å². The van der Waals surface area contributed by atoms with Crippen molar-refractivity contribution in [2.75, 3.05) is 6.54 Å². The van der Waals surface area contributed by atoms with Crippen LogP contribution in [0.25, 0.3) is 0 Å². The quantitative estimate of drug-likeness (QED) is 0.926. The number of nitrogens with zero attached hydrogens (tertiary/aromatic N) is 1. The molecule has 0 amide bonds. The molecule has 0 saturated carbocycles. The molecule has 7 heteroatoms. The van der Waals surface area contributed by atoms with E-state index in [1.807, 2.05) is 0 Å². The first kappa shape index (κ1) is 16.5. The molecule has 1 atom stereocenters. The third-order valence-corrected chi connectivity index (χ3v) is 4.95. The predicted molar refractivity (Wildman–Crippen MR) is 87.5 cm³/mol. The van der Waals surface area contributed by atoms with E-state index in [4.69, 9.17) is 5.14 Å². The molecule has 24 heavy (non-hydrogen) atoms. The van der Waals surface area contributed by atoms with Crippen molar-refractivity contribution in [1.29, 1.82) is 0 Å². The van der Waals surface area contributed by atoms with Gasteiger partial charge in [0, 0.05) is 6.21 Å². The van der Waals surface area contributed by atoms with E-state index in [-0.39, 0.29) is 6.54 Å². The van der Waals surface area contributed by atoms with E-state index in [2.05, 4.69) is 4.99 Å². The van der Waals surface area contributed by atoms with E-state index in [0.29, 0.717) is 11.1 Å². The molecule has 4 nitrogen and oxygen atoms in total. The molecular weight excluding hydrogens is 334 g/mol. The van der Waals surface area contributed by atoms with E-state index in [0.717, 1.165) is 12.1 Å². The Morgan fingerprint density at radius 3 is 2.42 bits per heavy atom. The zero-order valence-electron chi connectivity index (χ0n) is 12.5. The lowest BCUT2D eigenvalue weighted by atomic mass is 9.73. The standard InChI is InChI=1S/C17H14F2N2O2S/c18-14-4-1-3-12(9-14)17(7-2-8-21-11-17)13-5-6-16(15(19)10-13)24(20,22)23/h1-10H,11H2,(H2,20,22,23). The van der Waals surface area contributed by atoms with Gasteiger partial charge in [0.15, 0.2) is 0 Å². The molecule has 0 fully saturated rings. The molecule has 3 rings (SSSR count).